The fraction of sp³-hybridized carbons (Fsp3) is 0.615. The van der Waals surface area contributed by atoms with Crippen molar-refractivity contribution in [3.8, 4) is 22.8 Å². The van der Waals surface area contributed by atoms with Crippen molar-refractivity contribution in [3.63, 3.8) is 0 Å². The minimum atomic E-state index is 0.110. The summed E-state index contributed by atoms with van der Waals surface area (Å²) in [6.07, 6.45) is 11.1. The number of hydrogen-bond donors (Lipinski definition) is 0. The van der Waals surface area contributed by atoms with E-state index < -0.39 is 0 Å². The van der Waals surface area contributed by atoms with Crippen LogP contribution in [0.25, 0.3) is 11.1 Å². The molecular weight excluding hydrogens is 402 g/mol. The molecule has 0 amide bonds. The van der Waals surface area contributed by atoms with Gasteiger partial charge in [0.15, 0.2) is 0 Å². The second-order valence-electron chi connectivity index (χ2n) is 9.34. The number of hydrogen-bond acceptors (Lipinski definition) is 5. The summed E-state index contributed by atoms with van der Waals surface area (Å²) in [6, 6.07) is 10.1. The monoisotopic (exact) mass is 439 g/mol. The van der Waals surface area contributed by atoms with Crippen molar-refractivity contribution in [2.45, 2.75) is 83.3 Å². The Morgan fingerprint density at radius 3 is 2.38 bits per heavy atom. The maximum Gasteiger partial charge on any atom is 0.281 e. The first kappa shape index (κ1) is 22.8. The predicted molar refractivity (Wildman–Crippen MR) is 126 cm³/mol. The molecule has 0 N–H and O–H groups in total. The number of likely N-dealkylation sites (tertiary alicyclic amines) is 1. The topological polar surface area (TPSA) is 61.5 Å². The lowest BCUT2D eigenvalue weighted by Crippen LogP contribution is -2.39. The van der Waals surface area contributed by atoms with Crippen LogP contribution in [0, 0.1) is 5.21 Å². The average Bonchev–Trinajstić information content (AvgIpc) is 2.81. The third-order valence-corrected chi connectivity index (χ3v) is 6.74. The van der Waals surface area contributed by atoms with Gasteiger partial charge in [0, 0.05) is 25.6 Å². The molecule has 2 heterocycles. The molecule has 1 saturated carbocycles. The van der Waals surface area contributed by atoms with Crippen molar-refractivity contribution in [3.05, 3.63) is 41.2 Å². The van der Waals surface area contributed by atoms with Crippen LogP contribution in [-0.4, -0.2) is 42.3 Å². The minimum Gasteiger partial charge on any atom is -0.594 e. The number of rotatable bonds is 8. The van der Waals surface area contributed by atoms with Gasteiger partial charge in [-0.25, -0.2) is 0 Å². The van der Waals surface area contributed by atoms with E-state index in [1.165, 1.54) is 19.3 Å². The van der Waals surface area contributed by atoms with Gasteiger partial charge in [-0.15, -0.1) is 0 Å². The van der Waals surface area contributed by atoms with Crippen LogP contribution < -0.4 is 14.3 Å². The van der Waals surface area contributed by atoms with E-state index in [0.717, 1.165) is 73.3 Å². The van der Waals surface area contributed by atoms with Crippen LogP contribution in [0.4, 0.5) is 0 Å². The zero-order chi connectivity index (χ0) is 22.3. The maximum atomic E-state index is 12.9. The van der Waals surface area contributed by atoms with E-state index >= 15 is 0 Å². The van der Waals surface area contributed by atoms with Crippen molar-refractivity contribution < 1.29 is 14.3 Å². The molecular formula is C26H37N3O3. The molecule has 4 rings (SSSR count). The van der Waals surface area contributed by atoms with Gasteiger partial charge in [-0.1, -0.05) is 36.7 Å². The van der Waals surface area contributed by atoms with Crippen molar-refractivity contribution in [1.82, 2.24) is 10.00 Å². The molecule has 2 fully saturated rings. The Hall–Kier alpha value is -2.34. The van der Waals surface area contributed by atoms with E-state index in [-0.39, 0.29) is 6.10 Å². The smallest absolute Gasteiger partial charge is 0.281 e. The number of benzene rings is 1. The standard InChI is InChI=1S/C26H37N3O3/c1-3-4-10-25-24(19-26(27-29(25)30)32-23-15-17-28(2)18-16-23)20-11-13-22(14-12-20)31-21-8-6-5-7-9-21/h11-14,19,21,23H,3-10,15-18H2,1-2H3. The maximum absolute atomic E-state index is 12.9. The van der Waals surface area contributed by atoms with Crippen LogP contribution in [0.3, 0.4) is 0 Å². The third-order valence-electron chi connectivity index (χ3n) is 6.74. The van der Waals surface area contributed by atoms with Crippen LogP contribution in [0.5, 0.6) is 11.6 Å². The Morgan fingerprint density at radius 1 is 1.00 bits per heavy atom. The van der Waals surface area contributed by atoms with Gasteiger partial charge in [-0.05, 0) is 69.7 Å². The Balaban J connectivity index is 1.54. The summed E-state index contributed by atoms with van der Waals surface area (Å²) in [7, 11) is 2.13. The lowest BCUT2D eigenvalue weighted by Gasteiger charge is -2.28. The van der Waals surface area contributed by atoms with Gasteiger partial charge in [0.05, 0.1) is 16.8 Å². The van der Waals surface area contributed by atoms with E-state index in [4.69, 9.17) is 9.47 Å². The molecule has 6 heteroatoms. The molecule has 1 aliphatic carbocycles. The van der Waals surface area contributed by atoms with E-state index in [9.17, 15) is 5.21 Å². The average molecular weight is 440 g/mol. The molecule has 2 aliphatic rings. The van der Waals surface area contributed by atoms with Crippen LogP contribution in [0.15, 0.2) is 30.3 Å². The van der Waals surface area contributed by atoms with Crippen LogP contribution in [0.2, 0.25) is 0 Å². The van der Waals surface area contributed by atoms with Gasteiger partial charge < -0.3 is 19.6 Å². The summed E-state index contributed by atoms with van der Waals surface area (Å²) >= 11 is 0. The molecule has 0 bridgehead atoms. The summed E-state index contributed by atoms with van der Waals surface area (Å²) in [5.41, 5.74) is 2.63. The van der Waals surface area contributed by atoms with E-state index in [2.05, 4.69) is 36.1 Å². The van der Waals surface area contributed by atoms with Crippen LogP contribution in [0.1, 0.15) is 70.4 Å². The zero-order valence-electron chi connectivity index (χ0n) is 19.6. The molecule has 0 radical (unpaired) electrons. The van der Waals surface area contributed by atoms with E-state index in [1.54, 1.807) is 0 Å². The lowest BCUT2D eigenvalue weighted by atomic mass is 9.97. The van der Waals surface area contributed by atoms with Crippen molar-refractivity contribution in [2.75, 3.05) is 20.1 Å². The first-order valence-corrected chi connectivity index (χ1v) is 12.4. The minimum absolute atomic E-state index is 0.110. The first-order valence-electron chi connectivity index (χ1n) is 12.4. The van der Waals surface area contributed by atoms with Gasteiger partial charge in [0.1, 0.15) is 11.9 Å². The van der Waals surface area contributed by atoms with Gasteiger partial charge in [0.25, 0.3) is 5.88 Å². The van der Waals surface area contributed by atoms with E-state index in [0.29, 0.717) is 24.1 Å². The number of unbranched alkanes of at least 4 members (excludes halogenated alkanes) is 1. The largest absolute Gasteiger partial charge is 0.594 e. The van der Waals surface area contributed by atoms with Crippen molar-refractivity contribution in [1.29, 1.82) is 0 Å². The Morgan fingerprint density at radius 2 is 1.69 bits per heavy atom. The molecule has 6 nitrogen and oxygen atoms in total. The normalized spacial score (nSPS) is 18.6. The van der Waals surface area contributed by atoms with E-state index in [1.807, 2.05) is 18.2 Å². The molecule has 32 heavy (non-hydrogen) atoms. The summed E-state index contributed by atoms with van der Waals surface area (Å²) in [4.78, 5) is 3.08. The molecule has 1 aromatic carbocycles. The molecule has 1 saturated heterocycles. The highest BCUT2D eigenvalue weighted by Crippen LogP contribution is 2.30. The van der Waals surface area contributed by atoms with Gasteiger partial charge >= 0.3 is 0 Å². The number of ether oxygens (including phenoxy) is 2. The highest BCUT2D eigenvalue weighted by Gasteiger charge is 2.23. The van der Waals surface area contributed by atoms with Crippen molar-refractivity contribution in [2.24, 2.45) is 0 Å². The Bertz CT molecular complexity index is 857. The second-order valence-corrected chi connectivity index (χ2v) is 9.34. The first-order chi connectivity index (χ1) is 15.6. The molecule has 0 unspecified atom stereocenters. The third kappa shape index (κ3) is 5.91. The zero-order valence-corrected chi connectivity index (χ0v) is 19.6. The summed E-state index contributed by atoms with van der Waals surface area (Å²) in [6.45, 7) is 4.15. The lowest BCUT2D eigenvalue weighted by molar-refractivity contribution is -0.677. The molecule has 2 aromatic rings. The molecule has 1 aliphatic heterocycles. The highest BCUT2D eigenvalue weighted by atomic mass is 16.5. The molecule has 0 spiro atoms. The van der Waals surface area contributed by atoms with Crippen LogP contribution in [-0.2, 0) is 6.42 Å². The van der Waals surface area contributed by atoms with Crippen LogP contribution >= 0.6 is 0 Å². The fourth-order valence-corrected chi connectivity index (χ4v) is 4.73. The fourth-order valence-electron chi connectivity index (χ4n) is 4.73. The number of piperidine rings is 1. The van der Waals surface area contributed by atoms with Gasteiger partial charge in [0.2, 0.25) is 5.69 Å². The molecule has 0 atom stereocenters. The summed E-state index contributed by atoms with van der Waals surface area (Å²) < 4.78 is 12.3. The molecule has 1 aromatic heterocycles. The predicted octanol–water partition coefficient (Wildman–Crippen LogP) is 4.91. The van der Waals surface area contributed by atoms with Gasteiger partial charge in [-0.2, -0.15) is 0 Å². The quantitative estimate of drug-likeness (QED) is 0.432. The summed E-state index contributed by atoms with van der Waals surface area (Å²) in [5.74, 6) is 1.33. The number of nitrogens with zero attached hydrogens (tertiary/aromatic N) is 3. The Labute approximate surface area is 192 Å². The number of aromatic nitrogens is 2. The molecule has 174 valence electrons. The SMILES string of the molecule is CCCCc1c(-c2ccc(OC3CCCCC3)cc2)cc(OC2CCN(C)CC2)n[n+]1[O-]. The Kier molecular flexibility index (Phi) is 7.85. The van der Waals surface area contributed by atoms with Gasteiger partial charge in [-0.3, -0.25) is 0 Å². The van der Waals surface area contributed by atoms with Crippen molar-refractivity contribution >= 4 is 0 Å². The second kappa shape index (κ2) is 11.0. The summed E-state index contributed by atoms with van der Waals surface area (Å²) in [5, 5.41) is 17.1. The highest BCUT2D eigenvalue weighted by molar-refractivity contribution is 5.66.